The van der Waals surface area contributed by atoms with Crippen LogP contribution in [-0.4, -0.2) is 19.0 Å². The van der Waals surface area contributed by atoms with Crippen LogP contribution >= 0.6 is 23.2 Å². The molecule has 0 aliphatic carbocycles. The Morgan fingerprint density at radius 3 is 2.28 bits per heavy atom. The molecule has 2 rings (SSSR count). The Bertz CT molecular complexity index is 550. The van der Waals surface area contributed by atoms with Gasteiger partial charge in [0.1, 0.15) is 0 Å². The molecular weight excluding hydrogens is 265 g/mol. The van der Waals surface area contributed by atoms with Gasteiger partial charge in [0.05, 0.1) is 10.0 Å². The predicted octanol–water partition coefficient (Wildman–Crippen LogP) is 4.72. The van der Waals surface area contributed by atoms with E-state index in [4.69, 9.17) is 23.2 Å². The van der Waals surface area contributed by atoms with Crippen molar-refractivity contribution >= 4 is 23.2 Å². The molecule has 0 N–H and O–H groups in total. The standard InChI is InChI=1S/C15H15Cl2N/c1-18(2)10-11-6-3-4-7-12(11)13-8-5-9-14(16)15(13)17/h3-9H,10H2,1-2H3. The molecule has 0 aliphatic rings. The Kier molecular flexibility index (Phi) is 4.28. The zero-order chi connectivity index (χ0) is 13.1. The van der Waals surface area contributed by atoms with E-state index in [0.29, 0.717) is 10.0 Å². The molecule has 0 aromatic heterocycles. The SMILES string of the molecule is CN(C)Cc1ccccc1-c1cccc(Cl)c1Cl. The minimum absolute atomic E-state index is 0.592. The molecule has 0 heterocycles. The van der Waals surface area contributed by atoms with Crippen molar-refractivity contribution < 1.29 is 0 Å². The molecule has 2 aromatic carbocycles. The monoisotopic (exact) mass is 279 g/mol. The Balaban J connectivity index is 2.53. The molecule has 0 radical (unpaired) electrons. The third kappa shape index (κ3) is 2.86. The highest BCUT2D eigenvalue weighted by atomic mass is 35.5. The second-order valence-electron chi connectivity index (χ2n) is 4.50. The van der Waals surface area contributed by atoms with Gasteiger partial charge in [-0.3, -0.25) is 0 Å². The molecule has 2 aromatic rings. The number of benzene rings is 2. The van der Waals surface area contributed by atoms with Gasteiger partial charge in [-0.1, -0.05) is 59.6 Å². The second-order valence-corrected chi connectivity index (χ2v) is 5.28. The molecule has 0 spiro atoms. The molecule has 0 saturated carbocycles. The minimum Gasteiger partial charge on any atom is -0.305 e. The van der Waals surface area contributed by atoms with Crippen LogP contribution in [0.25, 0.3) is 11.1 Å². The van der Waals surface area contributed by atoms with Gasteiger partial charge in [0.15, 0.2) is 0 Å². The lowest BCUT2D eigenvalue weighted by atomic mass is 9.99. The number of nitrogens with zero attached hydrogens (tertiary/aromatic N) is 1. The Morgan fingerprint density at radius 1 is 0.889 bits per heavy atom. The number of rotatable bonds is 3. The average molecular weight is 280 g/mol. The van der Waals surface area contributed by atoms with E-state index in [0.717, 1.165) is 17.7 Å². The average Bonchev–Trinajstić information content (AvgIpc) is 2.33. The van der Waals surface area contributed by atoms with Crippen molar-refractivity contribution in [2.24, 2.45) is 0 Å². The van der Waals surface area contributed by atoms with Gasteiger partial charge in [0, 0.05) is 12.1 Å². The second kappa shape index (κ2) is 5.75. The fourth-order valence-electron chi connectivity index (χ4n) is 1.97. The topological polar surface area (TPSA) is 3.24 Å². The van der Waals surface area contributed by atoms with Crippen molar-refractivity contribution in [2.75, 3.05) is 14.1 Å². The van der Waals surface area contributed by atoms with Crippen LogP contribution in [0.1, 0.15) is 5.56 Å². The van der Waals surface area contributed by atoms with E-state index in [9.17, 15) is 0 Å². The van der Waals surface area contributed by atoms with Crippen LogP contribution in [0.4, 0.5) is 0 Å². The lowest BCUT2D eigenvalue weighted by molar-refractivity contribution is 0.403. The third-order valence-electron chi connectivity index (χ3n) is 2.75. The van der Waals surface area contributed by atoms with Gasteiger partial charge >= 0.3 is 0 Å². The summed E-state index contributed by atoms with van der Waals surface area (Å²) in [5.41, 5.74) is 3.37. The zero-order valence-electron chi connectivity index (χ0n) is 10.5. The maximum absolute atomic E-state index is 6.29. The fraction of sp³-hybridized carbons (Fsp3) is 0.200. The molecule has 18 heavy (non-hydrogen) atoms. The van der Waals surface area contributed by atoms with Crippen molar-refractivity contribution in [3.63, 3.8) is 0 Å². The van der Waals surface area contributed by atoms with Crippen LogP contribution in [0.15, 0.2) is 42.5 Å². The summed E-state index contributed by atoms with van der Waals surface area (Å²) in [4.78, 5) is 2.14. The highest BCUT2D eigenvalue weighted by molar-refractivity contribution is 6.43. The maximum atomic E-state index is 6.29. The third-order valence-corrected chi connectivity index (χ3v) is 3.56. The summed E-state index contributed by atoms with van der Waals surface area (Å²) in [6.45, 7) is 0.874. The number of halogens is 2. The van der Waals surface area contributed by atoms with E-state index < -0.39 is 0 Å². The van der Waals surface area contributed by atoms with Crippen LogP contribution in [-0.2, 0) is 6.54 Å². The molecule has 1 nitrogen and oxygen atoms in total. The van der Waals surface area contributed by atoms with Gasteiger partial charge in [0.2, 0.25) is 0 Å². The number of hydrogen-bond donors (Lipinski definition) is 0. The summed E-state index contributed by atoms with van der Waals surface area (Å²) in [6, 6.07) is 14.0. The van der Waals surface area contributed by atoms with Gasteiger partial charge in [-0.2, -0.15) is 0 Å². The molecule has 0 saturated heterocycles. The first-order chi connectivity index (χ1) is 8.59. The predicted molar refractivity (Wildman–Crippen MR) is 79.3 cm³/mol. The Hall–Kier alpha value is -1.02. The maximum Gasteiger partial charge on any atom is 0.0670 e. The highest BCUT2D eigenvalue weighted by Crippen LogP contribution is 2.35. The van der Waals surface area contributed by atoms with Crippen molar-refractivity contribution in [3.8, 4) is 11.1 Å². The molecule has 0 atom stereocenters. The zero-order valence-corrected chi connectivity index (χ0v) is 12.0. The lowest BCUT2D eigenvalue weighted by Crippen LogP contribution is -2.11. The van der Waals surface area contributed by atoms with Gasteiger partial charge in [-0.25, -0.2) is 0 Å². The summed E-state index contributed by atoms with van der Waals surface area (Å²) < 4.78 is 0. The van der Waals surface area contributed by atoms with E-state index >= 15 is 0 Å². The largest absolute Gasteiger partial charge is 0.305 e. The summed E-state index contributed by atoms with van der Waals surface area (Å²) in [7, 11) is 4.10. The molecule has 0 unspecified atom stereocenters. The molecule has 0 bridgehead atoms. The fourth-order valence-corrected chi connectivity index (χ4v) is 2.38. The van der Waals surface area contributed by atoms with Gasteiger partial charge in [-0.05, 0) is 31.3 Å². The van der Waals surface area contributed by atoms with Crippen molar-refractivity contribution in [2.45, 2.75) is 6.54 Å². The highest BCUT2D eigenvalue weighted by Gasteiger charge is 2.10. The van der Waals surface area contributed by atoms with E-state index in [1.165, 1.54) is 5.56 Å². The van der Waals surface area contributed by atoms with E-state index in [1.807, 2.05) is 30.3 Å². The van der Waals surface area contributed by atoms with Crippen LogP contribution in [0.2, 0.25) is 10.0 Å². The molecule has 0 fully saturated rings. The normalized spacial score (nSPS) is 10.9. The van der Waals surface area contributed by atoms with E-state index in [1.54, 1.807) is 0 Å². The molecule has 94 valence electrons. The first-order valence-corrected chi connectivity index (χ1v) is 6.52. The smallest absolute Gasteiger partial charge is 0.0670 e. The summed E-state index contributed by atoms with van der Waals surface area (Å²) in [6.07, 6.45) is 0. The molecule has 0 amide bonds. The quantitative estimate of drug-likeness (QED) is 0.786. The summed E-state index contributed by atoms with van der Waals surface area (Å²) in [5.74, 6) is 0. The Morgan fingerprint density at radius 2 is 1.56 bits per heavy atom. The number of hydrogen-bond acceptors (Lipinski definition) is 1. The van der Waals surface area contributed by atoms with Crippen molar-refractivity contribution in [1.29, 1.82) is 0 Å². The van der Waals surface area contributed by atoms with Gasteiger partial charge in [0.25, 0.3) is 0 Å². The van der Waals surface area contributed by atoms with E-state index in [-0.39, 0.29) is 0 Å². The molecular formula is C15H15Cl2N. The van der Waals surface area contributed by atoms with E-state index in [2.05, 4.69) is 31.1 Å². The summed E-state index contributed by atoms with van der Waals surface area (Å²) >= 11 is 12.4. The first kappa shape index (κ1) is 13.4. The Labute approximate surface area is 118 Å². The molecule has 3 heteroatoms. The van der Waals surface area contributed by atoms with Crippen LogP contribution in [0.5, 0.6) is 0 Å². The van der Waals surface area contributed by atoms with Crippen molar-refractivity contribution in [3.05, 3.63) is 58.1 Å². The minimum atomic E-state index is 0.592. The summed E-state index contributed by atoms with van der Waals surface area (Å²) in [5, 5.41) is 1.21. The lowest BCUT2D eigenvalue weighted by Gasteiger charge is -2.15. The van der Waals surface area contributed by atoms with Crippen LogP contribution in [0.3, 0.4) is 0 Å². The van der Waals surface area contributed by atoms with Crippen molar-refractivity contribution in [1.82, 2.24) is 4.90 Å². The van der Waals surface area contributed by atoms with Crippen LogP contribution in [0, 0.1) is 0 Å². The molecule has 0 aliphatic heterocycles. The first-order valence-electron chi connectivity index (χ1n) is 5.76. The van der Waals surface area contributed by atoms with Gasteiger partial charge in [-0.15, -0.1) is 0 Å². The van der Waals surface area contributed by atoms with Crippen LogP contribution < -0.4 is 0 Å². The van der Waals surface area contributed by atoms with Gasteiger partial charge < -0.3 is 4.90 Å².